The molecule has 1 fully saturated rings. The molecule has 0 aromatic carbocycles. The lowest BCUT2D eigenvalue weighted by Crippen LogP contribution is -2.08. The van der Waals surface area contributed by atoms with Crippen molar-refractivity contribution < 1.29 is 9.30 Å². The first kappa shape index (κ1) is 6.25. The normalized spacial score (nSPS) is 34.6. The molecule has 1 unspecified atom stereocenters. The van der Waals surface area contributed by atoms with E-state index in [4.69, 9.17) is 4.74 Å². The Morgan fingerprint density at radius 2 is 2.62 bits per heavy atom. The molecule has 0 saturated carbocycles. The van der Waals surface area contributed by atoms with Gasteiger partial charge in [-0.25, -0.2) is 0 Å². The second kappa shape index (κ2) is 2.16. The van der Waals surface area contributed by atoms with E-state index in [0.29, 0.717) is 6.35 Å². The standard InChI is InChI=1S/C4H7BO2P/c1-4(2-5-4)7-3-8-6/h2-3H2,1H3. The van der Waals surface area contributed by atoms with Crippen molar-refractivity contribution >= 4 is 15.7 Å². The predicted octanol–water partition coefficient (Wildman–Crippen LogP) is 1.10. The average molecular weight is 129 g/mol. The van der Waals surface area contributed by atoms with Crippen molar-refractivity contribution in [1.82, 2.24) is 0 Å². The molecule has 0 aromatic rings. The van der Waals surface area contributed by atoms with Gasteiger partial charge in [-0.1, -0.05) is 6.32 Å². The molecule has 1 aliphatic heterocycles. The maximum Gasteiger partial charge on any atom is 0.183 e. The van der Waals surface area contributed by atoms with E-state index in [1.165, 1.54) is 0 Å². The molecule has 0 N–H and O–H groups in total. The van der Waals surface area contributed by atoms with Gasteiger partial charge in [0, 0.05) is 5.50 Å². The minimum Gasteiger partial charge on any atom is -0.373 e. The molecule has 0 aromatic heterocycles. The Labute approximate surface area is 51.0 Å². The van der Waals surface area contributed by atoms with Crippen LogP contribution in [0, 0.1) is 0 Å². The van der Waals surface area contributed by atoms with Gasteiger partial charge >= 0.3 is 0 Å². The maximum atomic E-state index is 9.84. The van der Waals surface area contributed by atoms with E-state index in [-0.39, 0.29) is 14.0 Å². The highest BCUT2D eigenvalue weighted by Crippen LogP contribution is 2.30. The lowest BCUT2D eigenvalue weighted by Gasteiger charge is -2.05. The zero-order valence-corrected chi connectivity index (χ0v) is 5.65. The van der Waals surface area contributed by atoms with E-state index in [1.54, 1.807) is 0 Å². The lowest BCUT2D eigenvalue weighted by atomic mass is 10.0. The molecule has 1 atom stereocenters. The third-order valence-electron chi connectivity index (χ3n) is 1.23. The van der Waals surface area contributed by atoms with Gasteiger partial charge in [0.05, 0.1) is 0 Å². The highest BCUT2D eigenvalue weighted by molar-refractivity contribution is 7.23. The molecule has 0 bridgehead atoms. The van der Waals surface area contributed by atoms with Crippen LogP contribution >= 0.6 is 8.46 Å². The first-order valence-electron chi connectivity index (χ1n) is 2.54. The van der Waals surface area contributed by atoms with E-state index in [9.17, 15) is 4.57 Å². The molecule has 0 spiro atoms. The molecule has 1 aliphatic rings. The number of ether oxygens (including phenoxy) is 1. The topological polar surface area (TPSA) is 26.3 Å². The van der Waals surface area contributed by atoms with Crippen LogP contribution in [0.25, 0.3) is 0 Å². The molecule has 1 heterocycles. The molecular formula is C4H7BO2P. The Hall–Kier alpha value is 0.125. The fourth-order valence-corrected chi connectivity index (χ4v) is 0.783. The molecule has 1 saturated heterocycles. The third-order valence-corrected chi connectivity index (χ3v) is 1.46. The molecule has 4 heteroatoms. The summed E-state index contributed by atoms with van der Waals surface area (Å²) < 4.78 is 14.9. The Kier molecular flexibility index (Phi) is 1.69. The van der Waals surface area contributed by atoms with Crippen LogP contribution in [0.2, 0.25) is 6.32 Å². The summed E-state index contributed by atoms with van der Waals surface area (Å²) >= 11 is 0. The summed E-state index contributed by atoms with van der Waals surface area (Å²) in [6.07, 6.45) is 1.33. The Bertz CT molecular complexity index is 102. The van der Waals surface area contributed by atoms with Gasteiger partial charge in [0.15, 0.2) is 15.7 Å². The summed E-state index contributed by atoms with van der Waals surface area (Å²) in [4.78, 5) is 0. The highest BCUT2D eigenvalue weighted by Gasteiger charge is 2.39. The van der Waals surface area contributed by atoms with Gasteiger partial charge in [-0.15, -0.1) is 0 Å². The fraction of sp³-hybridized carbons (Fsp3) is 1.00. The summed E-state index contributed by atoms with van der Waals surface area (Å²) in [6, 6.07) is 0. The smallest absolute Gasteiger partial charge is 0.183 e. The van der Waals surface area contributed by atoms with E-state index >= 15 is 0 Å². The second-order valence-corrected chi connectivity index (χ2v) is 2.64. The SMILES string of the molecule is CC1(OCP=O)[B]C1. The van der Waals surface area contributed by atoms with Gasteiger partial charge < -0.3 is 4.74 Å². The summed E-state index contributed by atoms with van der Waals surface area (Å²) in [5, 5.41) is 0. The van der Waals surface area contributed by atoms with Crippen molar-refractivity contribution in [2.45, 2.75) is 18.7 Å². The lowest BCUT2D eigenvalue weighted by molar-refractivity contribution is 0.109. The van der Waals surface area contributed by atoms with E-state index in [1.807, 2.05) is 6.92 Å². The molecule has 8 heavy (non-hydrogen) atoms. The largest absolute Gasteiger partial charge is 0.373 e. The van der Waals surface area contributed by atoms with Crippen LogP contribution in [0.15, 0.2) is 0 Å². The van der Waals surface area contributed by atoms with Gasteiger partial charge in [-0.3, -0.25) is 4.57 Å². The van der Waals surface area contributed by atoms with E-state index < -0.39 is 0 Å². The van der Waals surface area contributed by atoms with Gasteiger partial charge in [0.1, 0.15) is 6.35 Å². The molecule has 0 aliphatic carbocycles. The molecule has 43 valence electrons. The highest BCUT2D eigenvalue weighted by atomic mass is 31.1. The maximum absolute atomic E-state index is 9.84. The summed E-state index contributed by atoms with van der Waals surface area (Å²) in [5.41, 5.74) is -0.0303. The quantitative estimate of drug-likeness (QED) is 0.421. The minimum atomic E-state index is -0.0303. The van der Waals surface area contributed by atoms with Crippen LogP contribution in [0.3, 0.4) is 0 Å². The first-order valence-corrected chi connectivity index (χ1v) is 3.54. The monoisotopic (exact) mass is 129 g/mol. The molecule has 1 rings (SSSR count). The summed E-state index contributed by atoms with van der Waals surface area (Å²) in [5.74, 6) is 0. The van der Waals surface area contributed by atoms with E-state index in [0.717, 1.165) is 6.32 Å². The first-order chi connectivity index (χ1) is 3.77. The molecule has 0 amide bonds. The number of rotatable bonds is 3. The van der Waals surface area contributed by atoms with Crippen LogP contribution < -0.4 is 0 Å². The van der Waals surface area contributed by atoms with Gasteiger partial charge in [-0.2, -0.15) is 0 Å². The zero-order valence-electron chi connectivity index (χ0n) is 4.76. The minimum absolute atomic E-state index is 0.0303. The Morgan fingerprint density at radius 3 is 3.00 bits per heavy atom. The number of hydrogen-bond donors (Lipinski definition) is 0. The Morgan fingerprint density at radius 1 is 2.00 bits per heavy atom. The van der Waals surface area contributed by atoms with E-state index in [2.05, 4.69) is 7.28 Å². The van der Waals surface area contributed by atoms with Crippen LogP contribution in [0.5, 0.6) is 0 Å². The van der Waals surface area contributed by atoms with Gasteiger partial charge in [-0.05, 0) is 6.92 Å². The fourth-order valence-electron chi connectivity index (χ4n) is 0.435. The summed E-state index contributed by atoms with van der Waals surface area (Å²) in [6.45, 7) is 1.98. The summed E-state index contributed by atoms with van der Waals surface area (Å²) in [7, 11) is 2.13. The molecule has 2 nitrogen and oxygen atoms in total. The van der Waals surface area contributed by atoms with Crippen molar-refractivity contribution in [2.75, 3.05) is 6.35 Å². The van der Waals surface area contributed by atoms with Crippen molar-refractivity contribution in [1.29, 1.82) is 0 Å². The van der Waals surface area contributed by atoms with Crippen LogP contribution in [-0.4, -0.2) is 19.1 Å². The third kappa shape index (κ3) is 1.57. The number of hydrogen-bond acceptors (Lipinski definition) is 2. The average Bonchev–Trinajstić information content (AvgIpc) is 2.45. The second-order valence-electron chi connectivity index (χ2n) is 2.12. The van der Waals surface area contributed by atoms with Crippen LogP contribution in [-0.2, 0) is 9.30 Å². The van der Waals surface area contributed by atoms with Crippen molar-refractivity contribution in [3.05, 3.63) is 0 Å². The molecular weight excluding hydrogens is 122 g/mol. The van der Waals surface area contributed by atoms with Gasteiger partial charge in [0.2, 0.25) is 0 Å². The van der Waals surface area contributed by atoms with Crippen molar-refractivity contribution in [2.24, 2.45) is 0 Å². The van der Waals surface area contributed by atoms with Gasteiger partial charge in [0.25, 0.3) is 0 Å². The Balaban J connectivity index is 2.09. The zero-order chi connectivity index (χ0) is 6.04. The van der Waals surface area contributed by atoms with Crippen molar-refractivity contribution in [3.63, 3.8) is 0 Å². The van der Waals surface area contributed by atoms with Crippen molar-refractivity contribution in [3.8, 4) is 0 Å². The predicted molar refractivity (Wildman–Crippen MR) is 32.5 cm³/mol. The molecule has 1 radical (unpaired) electrons. The van der Waals surface area contributed by atoms with Crippen LogP contribution in [0.1, 0.15) is 6.92 Å². The van der Waals surface area contributed by atoms with Crippen LogP contribution in [0.4, 0.5) is 0 Å².